The predicted octanol–water partition coefficient (Wildman–Crippen LogP) is 1.98. The molecular formula is C16H16FN3O4S3. The SMILES string of the molecule is NC(=O)c1cc(NC(=O)c2sccc2S(=O)(=O)N2CCSCC2)ccc1F. The van der Waals surface area contributed by atoms with Crippen LogP contribution in [0.5, 0.6) is 0 Å². The lowest BCUT2D eigenvalue weighted by molar-refractivity contribution is 0.0992. The quantitative estimate of drug-likeness (QED) is 0.755. The average Bonchev–Trinajstić information content (AvgIpc) is 3.14. The van der Waals surface area contributed by atoms with Crippen LogP contribution in [0.4, 0.5) is 10.1 Å². The Kier molecular flexibility index (Phi) is 5.84. The molecule has 1 fully saturated rings. The number of amides is 2. The summed E-state index contributed by atoms with van der Waals surface area (Å²) in [6.45, 7) is 0.785. The predicted molar refractivity (Wildman–Crippen MR) is 103 cm³/mol. The molecule has 0 spiro atoms. The van der Waals surface area contributed by atoms with Crippen molar-refractivity contribution in [2.45, 2.75) is 4.90 Å². The van der Waals surface area contributed by atoms with Gasteiger partial charge in [0.1, 0.15) is 15.6 Å². The molecule has 144 valence electrons. The first kappa shape index (κ1) is 19.8. The standard InChI is InChI=1S/C16H16FN3O4S3/c17-12-2-1-10(9-11(12)15(18)21)19-16(22)14-13(3-6-26-14)27(23,24)20-4-7-25-8-5-20/h1-3,6,9H,4-5,7-8H2,(H2,18,21)(H,19,22). The molecule has 0 bridgehead atoms. The maximum Gasteiger partial charge on any atom is 0.267 e. The molecule has 0 atom stereocenters. The van der Waals surface area contributed by atoms with E-state index in [0.717, 1.165) is 23.5 Å². The summed E-state index contributed by atoms with van der Waals surface area (Å²) < 4.78 is 40.6. The Morgan fingerprint density at radius 1 is 1.19 bits per heavy atom. The molecule has 27 heavy (non-hydrogen) atoms. The van der Waals surface area contributed by atoms with Crippen LogP contribution in [0.1, 0.15) is 20.0 Å². The van der Waals surface area contributed by atoms with Crippen LogP contribution >= 0.6 is 23.1 Å². The molecule has 1 aromatic carbocycles. The molecule has 1 aliphatic rings. The third-order valence-corrected chi connectivity index (χ3v) is 7.84. The van der Waals surface area contributed by atoms with Gasteiger partial charge in [-0.05, 0) is 29.6 Å². The van der Waals surface area contributed by atoms with E-state index in [2.05, 4.69) is 5.32 Å². The molecule has 0 unspecified atom stereocenters. The van der Waals surface area contributed by atoms with E-state index in [0.29, 0.717) is 24.6 Å². The second kappa shape index (κ2) is 7.97. The summed E-state index contributed by atoms with van der Waals surface area (Å²) in [6.07, 6.45) is 0. The molecular weight excluding hydrogens is 413 g/mol. The molecule has 1 saturated heterocycles. The Hall–Kier alpha value is -1.95. The zero-order valence-corrected chi connectivity index (χ0v) is 16.4. The maximum atomic E-state index is 13.6. The highest BCUT2D eigenvalue weighted by atomic mass is 32.2. The topological polar surface area (TPSA) is 110 Å². The maximum absolute atomic E-state index is 13.6. The Morgan fingerprint density at radius 2 is 1.89 bits per heavy atom. The van der Waals surface area contributed by atoms with E-state index in [9.17, 15) is 22.4 Å². The van der Waals surface area contributed by atoms with Crippen molar-refractivity contribution in [2.75, 3.05) is 29.9 Å². The minimum Gasteiger partial charge on any atom is -0.366 e. The minimum absolute atomic E-state index is 0.0261. The van der Waals surface area contributed by atoms with Gasteiger partial charge < -0.3 is 11.1 Å². The first-order valence-electron chi connectivity index (χ1n) is 7.87. The molecule has 7 nitrogen and oxygen atoms in total. The third kappa shape index (κ3) is 4.15. The van der Waals surface area contributed by atoms with Crippen LogP contribution in [0.15, 0.2) is 34.5 Å². The Bertz CT molecular complexity index is 985. The number of nitrogens with zero attached hydrogens (tertiary/aromatic N) is 1. The first-order chi connectivity index (χ1) is 12.8. The lowest BCUT2D eigenvalue weighted by Gasteiger charge is -2.25. The van der Waals surface area contributed by atoms with Crippen LogP contribution in [-0.2, 0) is 10.0 Å². The van der Waals surface area contributed by atoms with Crippen LogP contribution in [0.25, 0.3) is 0 Å². The summed E-state index contributed by atoms with van der Waals surface area (Å²) in [5.41, 5.74) is 4.87. The van der Waals surface area contributed by atoms with E-state index < -0.39 is 27.7 Å². The second-order valence-electron chi connectivity index (χ2n) is 5.64. The number of nitrogens with one attached hydrogen (secondary N) is 1. The van der Waals surface area contributed by atoms with Crippen molar-refractivity contribution in [3.63, 3.8) is 0 Å². The van der Waals surface area contributed by atoms with E-state index in [-0.39, 0.29) is 21.0 Å². The monoisotopic (exact) mass is 429 g/mol. The molecule has 1 aromatic heterocycles. The van der Waals surface area contributed by atoms with Gasteiger partial charge in [0, 0.05) is 30.3 Å². The van der Waals surface area contributed by atoms with Crippen LogP contribution in [-0.4, -0.2) is 49.1 Å². The fourth-order valence-electron chi connectivity index (χ4n) is 2.57. The number of benzene rings is 1. The smallest absolute Gasteiger partial charge is 0.267 e. The highest BCUT2D eigenvalue weighted by Crippen LogP contribution is 2.28. The van der Waals surface area contributed by atoms with E-state index in [1.807, 2.05) is 0 Å². The summed E-state index contributed by atoms with van der Waals surface area (Å²) in [5.74, 6) is -1.02. The van der Waals surface area contributed by atoms with Gasteiger partial charge in [0.15, 0.2) is 0 Å². The molecule has 2 amide bonds. The van der Waals surface area contributed by atoms with E-state index in [1.54, 1.807) is 11.8 Å². The van der Waals surface area contributed by atoms with Gasteiger partial charge in [-0.15, -0.1) is 11.3 Å². The second-order valence-corrected chi connectivity index (χ2v) is 9.69. The van der Waals surface area contributed by atoms with Crippen LogP contribution < -0.4 is 11.1 Å². The van der Waals surface area contributed by atoms with Crippen LogP contribution in [0, 0.1) is 5.82 Å². The van der Waals surface area contributed by atoms with Crippen molar-refractivity contribution < 1.29 is 22.4 Å². The van der Waals surface area contributed by atoms with Crippen LogP contribution in [0.2, 0.25) is 0 Å². The molecule has 11 heteroatoms. The number of carbonyl (C=O) groups excluding carboxylic acids is 2. The highest BCUT2D eigenvalue weighted by molar-refractivity contribution is 7.99. The number of hydrogen-bond donors (Lipinski definition) is 2. The molecule has 0 aliphatic carbocycles. The molecule has 3 rings (SSSR count). The lowest BCUT2D eigenvalue weighted by Crippen LogP contribution is -2.38. The Balaban J connectivity index is 1.86. The van der Waals surface area contributed by atoms with Crippen molar-refractivity contribution in [1.82, 2.24) is 4.31 Å². The first-order valence-corrected chi connectivity index (χ1v) is 11.3. The van der Waals surface area contributed by atoms with E-state index in [1.165, 1.54) is 21.8 Å². The Morgan fingerprint density at radius 3 is 2.56 bits per heavy atom. The molecule has 2 aromatic rings. The fraction of sp³-hybridized carbons (Fsp3) is 0.250. The minimum atomic E-state index is -3.78. The van der Waals surface area contributed by atoms with Gasteiger partial charge in [-0.3, -0.25) is 9.59 Å². The molecule has 2 heterocycles. The van der Waals surface area contributed by atoms with Gasteiger partial charge in [0.05, 0.1) is 5.56 Å². The zero-order chi connectivity index (χ0) is 19.6. The van der Waals surface area contributed by atoms with Gasteiger partial charge >= 0.3 is 0 Å². The normalized spacial score (nSPS) is 15.4. The number of anilines is 1. The summed E-state index contributed by atoms with van der Waals surface area (Å²) in [7, 11) is -3.78. The lowest BCUT2D eigenvalue weighted by atomic mass is 10.2. The summed E-state index contributed by atoms with van der Waals surface area (Å²) in [4.78, 5) is 23.8. The summed E-state index contributed by atoms with van der Waals surface area (Å²) in [5, 5.41) is 4.02. The van der Waals surface area contributed by atoms with Gasteiger partial charge in [0.2, 0.25) is 10.0 Å². The average molecular weight is 430 g/mol. The van der Waals surface area contributed by atoms with Gasteiger partial charge in [-0.1, -0.05) is 0 Å². The molecule has 3 N–H and O–H groups in total. The number of carbonyl (C=O) groups is 2. The third-order valence-electron chi connectivity index (χ3n) is 3.91. The van der Waals surface area contributed by atoms with Crippen molar-refractivity contribution in [3.05, 3.63) is 45.9 Å². The Labute approximate surface area is 163 Å². The number of hydrogen-bond acceptors (Lipinski definition) is 6. The summed E-state index contributed by atoms with van der Waals surface area (Å²) >= 11 is 2.67. The number of nitrogens with two attached hydrogens (primary N) is 1. The summed E-state index contributed by atoms with van der Waals surface area (Å²) in [6, 6.07) is 4.78. The number of thioether (sulfide) groups is 1. The largest absolute Gasteiger partial charge is 0.366 e. The molecule has 1 aliphatic heterocycles. The number of sulfonamides is 1. The highest BCUT2D eigenvalue weighted by Gasteiger charge is 2.31. The van der Waals surface area contributed by atoms with Crippen molar-refractivity contribution in [3.8, 4) is 0 Å². The van der Waals surface area contributed by atoms with Crippen molar-refractivity contribution in [1.29, 1.82) is 0 Å². The number of halogens is 1. The number of rotatable bonds is 5. The fourth-order valence-corrected chi connectivity index (χ4v) is 6.44. The van der Waals surface area contributed by atoms with Gasteiger partial charge in [0.25, 0.3) is 11.8 Å². The van der Waals surface area contributed by atoms with Crippen LogP contribution in [0.3, 0.4) is 0 Å². The van der Waals surface area contributed by atoms with E-state index in [4.69, 9.17) is 5.73 Å². The van der Waals surface area contributed by atoms with Crippen molar-refractivity contribution in [2.24, 2.45) is 5.73 Å². The zero-order valence-electron chi connectivity index (χ0n) is 14.0. The van der Waals surface area contributed by atoms with Gasteiger partial charge in [-0.2, -0.15) is 16.1 Å². The molecule has 0 saturated carbocycles. The molecule has 0 radical (unpaired) electrons. The van der Waals surface area contributed by atoms with E-state index >= 15 is 0 Å². The number of thiophene rings is 1. The van der Waals surface area contributed by atoms with Gasteiger partial charge in [-0.25, -0.2) is 12.8 Å². The number of primary amides is 1. The van der Waals surface area contributed by atoms with Crippen molar-refractivity contribution >= 4 is 50.6 Å².